The van der Waals surface area contributed by atoms with Gasteiger partial charge in [-0.15, -0.1) is 11.6 Å². The van der Waals surface area contributed by atoms with Gasteiger partial charge in [-0.25, -0.2) is 13.1 Å². The molecular formula is C10H13Cl2NO2S. The van der Waals surface area contributed by atoms with Gasteiger partial charge in [0.15, 0.2) is 0 Å². The molecule has 1 aromatic rings. The number of alkyl halides is 1. The Hall–Kier alpha value is -0.290. The van der Waals surface area contributed by atoms with Gasteiger partial charge in [0, 0.05) is 16.9 Å². The first-order valence-corrected chi connectivity index (χ1v) is 7.14. The molecule has 1 unspecified atom stereocenters. The quantitative estimate of drug-likeness (QED) is 0.844. The van der Waals surface area contributed by atoms with Gasteiger partial charge in [0.05, 0.1) is 4.90 Å². The number of halogens is 2. The van der Waals surface area contributed by atoms with Gasteiger partial charge in [-0.05, 0) is 30.7 Å². The number of nitrogens with one attached hydrogen (secondary N) is 1. The summed E-state index contributed by atoms with van der Waals surface area (Å²) in [5, 5.41) is 0.310. The van der Waals surface area contributed by atoms with E-state index in [2.05, 4.69) is 4.72 Å². The minimum atomic E-state index is -3.48. The molecule has 0 aliphatic carbocycles. The lowest BCUT2D eigenvalue weighted by Crippen LogP contribution is -2.29. The summed E-state index contributed by atoms with van der Waals surface area (Å²) in [7, 11) is -3.48. The van der Waals surface area contributed by atoms with Gasteiger partial charge in [0.25, 0.3) is 0 Å². The third-order valence-corrected chi connectivity index (χ3v) is 4.22. The minimum absolute atomic E-state index is 0.192. The van der Waals surface area contributed by atoms with E-state index in [1.165, 1.54) is 24.3 Å². The van der Waals surface area contributed by atoms with Crippen LogP contribution in [0.1, 0.15) is 13.3 Å². The molecule has 0 radical (unpaired) electrons. The molecule has 1 N–H and O–H groups in total. The van der Waals surface area contributed by atoms with Crippen molar-refractivity contribution in [3.05, 3.63) is 29.3 Å². The highest BCUT2D eigenvalue weighted by atomic mass is 35.5. The first-order valence-electron chi connectivity index (χ1n) is 4.85. The van der Waals surface area contributed by atoms with Gasteiger partial charge >= 0.3 is 0 Å². The van der Waals surface area contributed by atoms with Crippen LogP contribution in [0.15, 0.2) is 29.2 Å². The Kier molecular flexibility index (Phi) is 5.05. The van der Waals surface area contributed by atoms with Gasteiger partial charge in [0.2, 0.25) is 10.0 Å². The van der Waals surface area contributed by atoms with Gasteiger partial charge in [-0.3, -0.25) is 0 Å². The van der Waals surface area contributed by atoms with Crippen LogP contribution < -0.4 is 4.72 Å². The third-order valence-electron chi connectivity index (χ3n) is 2.06. The SMILES string of the molecule is CCC(Cl)CNS(=O)(=O)c1ccc(Cl)cc1. The number of benzene rings is 1. The molecule has 90 valence electrons. The van der Waals surface area contributed by atoms with Crippen LogP contribution in [-0.2, 0) is 10.0 Å². The van der Waals surface area contributed by atoms with Crippen molar-refractivity contribution >= 4 is 33.2 Å². The zero-order chi connectivity index (χ0) is 12.2. The van der Waals surface area contributed by atoms with Crippen LogP contribution >= 0.6 is 23.2 Å². The summed E-state index contributed by atoms with van der Waals surface area (Å²) < 4.78 is 25.9. The normalized spacial score (nSPS) is 13.7. The van der Waals surface area contributed by atoms with Crippen LogP contribution in [-0.4, -0.2) is 20.3 Å². The number of hydrogen-bond donors (Lipinski definition) is 1. The maximum atomic E-state index is 11.8. The molecular weight excluding hydrogens is 269 g/mol. The van der Waals surface area contributed by atoms with E-state index < -0.39 is 10.0 Å². The summed E-state index contributed by atoms with van der Waals surface area (Å²) in [6, 6.07) is 5.99. The predicted octanol–water partition coefficient (Wildman–Crippen LogP) is 2.64. The molecule has 6 heteroatoms. The van der Waals surface area contributed by atoms with Crippen molar-refractivity contribution in [1.29, 1.82) is 0 Å². The predicted molar refractivity (Wildman–Crippen MR) is 66.6 cm³/mol. The molecule has 16 heavy (non-hydrogen) atoms. The molecule has 0 bridgehead atoms. The lowest BCUT2D eigenvalue weighted by molar-refractivity contribution is 0.579. The summed E-state index contributed by atoms with van der Waals surface area (Å²) in [5.41, 5.74) is 0. The Morgan fingerprint density at radius 1 is 1.31 bits per heavy atom. The van der Waals surface area contributed by atoms with Crippen molar-refractivity contribution in [2.24, 2.45) is 0 Å². The van der Waals surface area contributed by atoms with Crippen LogP contribution in [0, 0.1) is 0 Å². The number of rotatable bonds is 5. The highest BCUT2D eigenvalue weighted by Crippen LogP contribution is 2.14. The smallest absolute Gasteiger partial charge is 0.210 e. The van der Waals surface area contributed by atoms with Gasteiger partial charge in [-0.1, -0.05) is 18.5 Å². The monoisotopic (exact) mass is 281 g/mol. The Morgan fingerprint density at radius 2 is 1.88 bits per heavy atom. The van der Waals surface area contributed by atoms with Crippen molar-refractivity contribution in [2.45, 2.75) is 23.6 Å². The molecule has 0 aliphatic rings. The average Bonchev–Trinajstić information content (AvgIpc) is 2.26. The second kappa shape index (κ2) is 5.87. The standard InChI is InChI=1S/C10H13Cl2NO2S/c1-2-8(11)7-13-16(14,15)10-5-3-9(12)4-6-10/h3-6,8,13H,2,7H2,1H3. The highest BCUT2D eigenvalue weighted by Gasteiger charge is 2.14. The van der Waals surface area contributed by atoms with E-state index in [-0.39, 0.29) is 16.8 Å². The first kappa shape index (κ1) is 13.8. The molecule has 0 spiro atoms. The summed E-state index contributed by atoms with van der Waals surface area (Å²) in [5.74, 6) is 0. The number of sulfonamides is 1. The fraction of sp³-hybridized carbons (Fsp3) is 0.400. The van der Waals surface area contributed by atoms with E-state index in [1.54, 1.807) is 0 Å². The van der Waals surface area contributed by atoms with E-state index >= 15 is 0 Å². The van der Waals surface area contributed by atoms with Crippen LogP contribution in [0.4, 0.5) is 0 Å². The van der Waals surface area contributed by atoms with E-state index in [0.717, 1.165) is 0 Å². The third kappa shape index (κ3) is 3.94. The lowest BCUT2D eigenvalue weighted by atomic mass is 10.3. The van der Waals surface area contributed by atoms with Crippen molar-refractivity contribution < 1.29 is 8.42 Å². The molecule has 0 aromatic heterocycles. The van der Waals surface area contributed by atoms with E-state index in [9.17, 15) is 8.42 Å². The summed E-state index contributed by atoms with van der Waals surface area (Å²) in [4.78, 5) is 0.192. The molecule has 0 aliphatic heterocycles. The van der Waals surface area contributed by atoms with Crippen LogP contribution in [0.2, 0.25) is 5.02 Å². The van der Waals surface area contributed by atoms with Crippen molar-refractivity contribution in [1.82, 2.24) is 4.72 Å². The maximum absolute atomic E-state index is 11.8. The van der Waals surface area contributed by atoms with E-state index in [0.29, 0.717) is 11.4 Å². The fourth-order valence-electron chi connectivity index (χ4n) is 1.04. The summed E-state index contributed by atoms with van der Waals surface area (Å²) >= 11 is 11.5. The van der Waals surface area contributed by atoms with Crippen molar-refractivity contribution in [3.8, 4) is 0 Å². The second-order valence-corrected chi connectivity index (χ2v) is 6.13. The Balaban J connectivity index is 2.74. The topological polar surface area (TPSA) is 46.2 Å². The molecule has 0 fully saturated rings. The van der Waals surface area contributed by atoms with Gasteiger partial charge in [-0.2, -0.15) is 0 Å². The van der Waals surface area contributed by atoms with Crippen LogP contribution in [0.25, 0.3) is 0 Å². The maximum Gasteiger partial charge on any atom is 0.240 e. The summed E-state index contributed by atoms with van der Waals surface area (Å²) in [6.07, 6.45) is 0.713. The molecule has 1 aromatic carbocycles. The summed E-state index contributed by atoms with van der Waals surface area (Å²) in [6.45, 7) is 2.12. The number of hydrogen-bond acceptors (Lipinski definition) is 2. The van der Waals surface area contributed by atoms with E-state index in [4.69, 9.17) is 23.2 Å². The van der Waals surface area contributed by atoms with Crippen molar-refractivity contribution in [3.63, 3.8) is 0 Å². The molecule has 1 rings (SSSR count). The van der Waals surface area contributed by atoms with Crippen LogP contribution in [0.3, 0.4) is 0 Å². The fourth-order valence-corrected chi connectivity index (χ4v) is 2.42. The van der Waals surface area contributed by atoms with Gasteiger partial charge in [0.1, 0.15) is 0 Å². The lowest BCUT2D eigenvalue weighted by Gasteiger charge is -2.09. The largest absolute Gasteiger partial charge is 0.240 e. The Bertz CT molecular complexity index is 431. The molecule has 1 atom stereocenters. The molecule has 0 heterocycles. The van der Waals surface area contributed by atoms with E-state index in [1.807, 2.05) is 6.92 Å². The zero-order valence-electron chi connectivity index (χ0n) is 8.78. The molecule has 0 saturated carbocycles. The minimum Gasteiger partial charge on any atom is -0.210 e. The zero-order valence-corrected chi connectivity index (χ0v) is 11.1. The highest BCUT2D eigenvalue weighted by molar-refractivity contribution is 7.89. The average molecular weight is 282 g/mol. The van der Waals surface area contributed by atoms with Crippen LogP contribution in [0.5, 0.6) is 0 Å². The Labute approximate surface area is 106 Å². The molecule has 3 nitrogen and oxygen atoms in total. The molecule has 0 amide bonds. The molecule has 0 saturated heterocycles. The van der Waals surface area contributed by atoms with Gasteiger partial charge < -0.3 is 0 Å². The Morgan fingerprint density at radius 3 is 2.38 bits per heavy atom. The second-order valence-electron chi connectivity index (χ2n) is 3.31. The first-order chi connectivity index (χ1) is 7.45. The van der Waals surface area contributed by atoms with Crippen molar-refractivity contribution in [2.75, 3.05) is 6.54 Å².